The van der Waals surface area contributed by atoms with Crippen molar-refractivity contribution >= 4 is 46.3 Å². The Labute approximate surface area is 132 Å². The predicted octanol–water partition coefficient (Wildman–Crippen LogP) is 4.50. The van der Waals surface area contributed by atoms with Crippen molar-refractivity contribution in [2.24, 2.45) is 0 Å². The average Bonchev–Trinajstić information content (AvgIpc) is 2.35. The smallest absolute Gasteiger partial charge is 0.224 e. The minimum absolute atomic E-state index is 0.104. The minimum Gasteiger partial charge on any atom is -0.394 e. The van der Waals surface area contributed by atoms with Gasteiger partial charge >= 0.3 is 0 Å². The number of benzene rings is 1. The van der Waals surface area contributed by atoms with E-state index in [1.807, 2.05) is 13.0 Å². The zero-order valence-electron chi connectivity index (χ0n) is 10.9. The van der Waals surface area contributed by atoms with Gasteiger partial charge in [0.15, 0.2) is 5.82 Å². The molecule has 7 heteroatoms. The fourth-order valence-electron chi connectivity index (χ4n) is 1.79. The number of aryl methyl sites for hydroxylation is 1. The van der Waals surface area contributed by atoms with Gasteiger partial charge in [0.2, 0.25) is 5.28 Å². The van der Waals surface area contributed by atoms with Gasteiger partial charge in [0.1, 0.15) is 0 Å². The average molecular weight is 332 g/mol. The summed E-state index contributed by atoms with van der Waals surface area (Å²) in [6.07, 6.45) is 0. The Balaban J connectivity index is 2.30. The highest BCUT2D eigenvalue weighted by molar-refractivity contribution is 6.35. The summed E-state index contributed by atoms with van der Waals surface area (Å²) in [6, 6.07) is 5.22. The molecule has 0 aliphatic carbocycles. The van der Waals surface area contributed by atoms with Crippen LogP contribution in [-0.2, 0) is 0 Å². The van der Waals surface area contributed by atoms with E-state index in [9.17, 15) is 0 Å². The van der Waals surface area contributed by atoms with Crippen molar-refractivity contribution in [3.63, 3.8) is 0 Å². The quantitative estimate of drug-likeness (QED) is 0.813. The van der Waals surface area contributed by atoms with Crippen LogP contribution < -0.4 is 11.1 Å². The van der Waals surface area contributed by atoms with Crippen LogP contribution in [0.15, 0.2) is 18.2 Å². The van der Waals surface area contributed by atoms with Gasteiger partial charge in [0.25, 0.3) is 0 Å². The zero-order chi connectivity index (χ0) is 14.9. The molecule has 2 rings (SSSR count). The lowest BCUT2D eigenvalue weighted by atomic mass is 10.1. The third kappa shape index (κ3) is 3.26. The first kappa shape index (κ1) is 15.2. The highest BCUT2D eigenvalue weighted by atomic mass is 35.5. The number of nitrogens with two attached hydrogens (primary N) is 1. The number of aromatic nitrogens is 2. The number of hydrogen-bond donors (Lipinski definition) is 2. The molecule has 0 saturated heterocycles. The Morgan fingerprint density at radius 1 is 1.20 bits per heavy atom. The van der Waals surface area contributed by atoms with Crippen molar-refractivity contribution in [2.45, 2.75) is 19.9 Å². The van der Waals surface area contributed by atoms with Gasteiger partial charge in [0.05, 0.1) is 17.4 Å². The molecule has 1 atom stereocenters. The minimum atomic E-state index is -0.104. The van der Waals surface area contributed by atoms with Crippen LogP contribution in [0.25, 0.3) is 0 Å². The maximum atomic E-state index is 6.18. The first-order valence-corrected chi connectivity index (χ1v) is 7.03. The molecule has 106 valence electrons. The summed E-state index contributed by atoms with van der Waals surface area (Å²) in [5, 5.41) is 4.49. The molecule has 0 saturated carbocycles. The standard InChI is InChI=1S/C13H13Cl3N4/c1-6(9-4-3-8(14)5-10(9)15)18-12-11(17)7(2)19-13(16)20-12/h3-6H,17H2,1-2H3,(H,18,19,20)/t6-/m1/s1. The summed E-state index contributed by atoms with van der Waals surface area (Å²) in [4.78, 5) is 8.08. The Morgan fingerprint density at radius 3 is 2.55 bits per heavy atom. The van der Waals surface area contributed by atoms with Gasteiger partial charge < -0.3 is 11.1 Å². The summed E-state index contributed by atoms with van der Waals surface area (Å²) in [6.45, 7) is 3.72. The predicted molar refractivity (Wildman–Crippen MR) is 84.7 cm³/mol. The normalized spacial score (nSPS) is 12.2. The van der Waals surface area contributed by atoms with Crippen molar-refractivity contribution in [1.82, 2.24) is 9.97 Å². The molecular weight excluding hydrogens is 319 g/mol. The van der Waals surface area contributed by atoms with Gasteiger partial charge in [-0.15, -0.1) is 0 Å². The molecule has 0 bridgehead atoms. The maximum absolute atomic E-state index is 6.18. The Kier molecular flexibility index (Phi) is 4.58. The molecule has 0 aliphatic rings. The molecule has 2 aromatic rings. The fourth-order valence-corrected chi connectivity index (χ4v) is 2.58. The van der Waals surface area contributed by atoms with E-state index in [0.29, 0.717) is 27.2 Å². The van der Waals surface area contributed by atoms with Crippen LogP contribution in [0.3, 0.4) is 0 Å². The first-order valence-electron chi connectivity index (χ1n) is 5.89. The third-order valence-electron chi connectivity index (χ3n) is 2.89. The molecule has 3 N–H and O–H groups in total. The van der Waals surface area contributed by atoms with Crippen LogP contribution in [0.5, 0.6) is 0 Å². The van der Waals surface area contributed by atoms with Crippen LogP contribution in [0.2, 0.25) is 15.3 Å². The molecule has 0 aliphatic heterocycles. The van der Waals surface area contributed by atoms with Gasteiger partial charge in [-0.25, -0.2) is 4.98 Å². The SMILES string of the molecule is Cc1nc(Cl)nc(N[C@H](C)c2ccc(Cl)cc2Cl)c1N. The van der Waals surface area contributed by atoms with Crippen molar-refractivity contribution < 1.29 is 0 Å². The molecule has 0 unspecified atom stereocenters. The number of nitrogens with one attached hydrogen (secondary N) is 1. The molecule has 4 nitrogen and oxygen atoms in total. The Morgan fingerprint density at radius 2 is 1.90 bits per heavy atom. The summed E-state index contributed by atoms with van der Waals surface area (Å²) in [7, 11) is 0. The van der Waals surface area contributed by atoms with E-state index in [4.69, 9.17) is 40.5 Å². The van der Waals surface area contributed by atoms with Gasteiger partial charge in [-0.1, -0.05) is 29.3 Å². The lowest BCUT2D eigenvalue weighted by Gasteiger charge is -2.18. The number of nitrogens with zero attached hydrogens (tertiary/aromatic N) is 2. The van der Waals surface area contributed by atoms with Crippen molar-refractivity contribution in [2.75, 3.05) is 11.1 Å². The second kappa shape index (κ2) is 6.04. The van der Waals surface area contributed by atoms with E-state index >= 15 is 0 Å². The van der Waals surface area contributed by atoms with Crippen LogP contribution >= 0.6 is 34.8 Å². The van der Waals surface area contributed by atoms with Gasteiger partial charge in [0, 0.05) is 10.0 Å². The lowest BCUT2D eigenvalue weighted by Crippen LogP contribution is -2.12. The summed E-state index contributed by atoms with van der Waals surface area (Å²) < 4.78 is 0. The molecule has 0 amide bonds. The van der Waals surface area contributed by atoms with Gasteiger partial charge in [-0.3, -0.25) is 0 Å². The van der Waals surface area contributed by atoms with E-state index < -0.39 is 0 Å². The van der Waals surface area contributed by atoms with Gasteiger partial charge in [-0.2, -0.15) is 4.98 Å². The molecule has 1 aromatic heterocycles. The van der Waals surface area contributed by atoms with Crippen LogP contribution in [0, 0.1) is 6.92 Å². The number of hydrogen-bond acceptors (Lipinski definition) is 4. The van der Waals surface area contributed by atoms with E-state index in [1.54, 1.807) is 19.1 Å². The Hall–Kier alpha value is -1.23. The monoisotopic (exact) mass is 330 g/mol. The van der Waals surface area contributed by atoms with E-state index in [-0.39, 0.29) is 11.3 Å². The fraction of sp³-hybridized carbons (Fsp3) is 0.231. The second-order valence-corrected chi connectivity index (χ2v) is 5.55. The van der Waals surface area contributed by atoms with Crippen molar-refractivity contribution in [3.05, 3.63) is 44.8 Å². The summed E-state index contributed by atoms with van der Waals surface area (Å²) in [5.41, 5.74) is 7.92. The summed E-state index contributed by atoms with van der Waals surface area (Å²) in [5.74, 6) is 0.487. The highest BCUT2D eigenvalue weighted by Crippen LogP contribution is 2.30. The molecular formula is C13H13Cl3N4. The number of rotatable bonds is 3. The van der Waals surface area contributed by atoms with E-state index in [2.05, 4.69) is 15.3 Å². The first-order chi connectivity index (χ1) is 9.38. The number of nitrogen functional groups attached to an aromatic ring is 1. The van der Waals surface area contributed by atoms with Crippen LogP contribution in [0.1, 0.15) is 24.2 Å². The maximum Gasteiger partial charge on any atom is 0.224 e. The van der Waals surface area contributed by atoms with E-state index in [1.165, 1.54) is 0 Å². The van der Waals surface area contributed by atoms with Crippen molar-refractivity contribution in [1.29, 1.82) is 0 Å². The number of halogens is 3. The third-order valence-corrected chi connectivity index (χ3v) is 3.62. The topological polar surface area (TPSA) is 63.8 Å². The molecule has 1 aromatic carbocycles. The lowest BCUT2D eigenvalue weighted by molar-refractivity contribution is 0.872. The van der Waals surface area contributed by atoms with Crippen LogP contribution in [-0.4, -0.2) is 9.97 Å². The zero-order valence-corrected chi connectivity index (χ0v) is 13.2. The number of anilines is 2. The molecule has 0 fully saturated rings. The van der Waals surface area contributed by atoms with Crippen LogP contribution in [0.4, 0.5) is 11.5 Å². The summed E-state index contributed by atoms with van der Waals surface area (Å²) >= 11 is 17.9. The largest absolute Gasteiger partial charge is 0.394 e. The molecule has 0 radical (unpaired) electrons. The molecule has 20 heavy (non-hydrogen) atoms. The second-order valence-electron chi connectivity index (χ2n) is 4.37. The van der Waals surface area contributed by atoms with Gasteiger partial charge in [-0.05, 0) is 43.1 Å². The van der Waals surface area contributed by atoms with E-state index in [0.717, 1.165) is 5.56 Å². The van der Waals surface area contributed by atoms with Crippen molar-refractivity contribution in [3.8, 4) is 0 Å². The Bertz CT molecular complexity index is 646. The molecule has 1 heterocycles. The molecule has 0 spiro atoms. The highest BCUT2D eigenvalue weighted by Gasteiger charge is 2.14.